The maximum atomic E-state index is 12.6. The summed E-state index contributed by atoms with van der Waals surface area (Å²) in [6.45, 7) is -1.14. The third-order valence-electron chi connectivity index (χ3n) is 0.969. The topological polar surface area (TPSA) is 49.7 Å². The molecule has 1 unspecified atom stereocenters. The molecule has 0 amide bonds. The van der Waals surface area contributed by atoms with Crippen molar-refractivity contribution in [2.24, 2.45) is 0 Å². The molecule has 0 saturated heterocycles. The standard InChI is InChI=1S/C8H8F2O3/c1-2-6-13-7(12)8(9,10)4-3-5-11/h1,7,11-12H,5-6H2. The number of rotatable bonds is 3. The lowest BCUT2D eigenvalue weighted by Gasteiger charge is -2.15. The molecule has 0 fully saturated rings. The minimum absolute atomic E-state index is 0.433. The molecule has 5 heteroatoms. The monoisotopic (exact) mass is 190 g/mol. The van der Waals surface area contributed by atoms with Gasteiger partial charge >= 0.3 is 5.92 Å². The summed E-state index contributed by atoms with van der Waals surface area (Å²) in [7, 11) is 0. The van der Waals surface area contributed by atoms with Gasteiger partial charge in [0.25, 0.3) is 0 Å². The summed E-state index contributed by atoms with van der Waals surface area (Å²) in [4.78, 5) is 0. The van der Waals surface area contributed by atoms with Crippen LogP contribution in [0.5, 0.6) is 0 Å². The third kappa shape index (κ3) is 4.44. The van der Waals surface area contributed by atoms with Crippen molar-refractivity contribution in [3.05, 3.63) is 0 Å². The van der Waals surface area contributed by atoms with Crippen molar-refractivity contribution in [2.75, 3.05) is 13.2 Å². The van der Waals surface area contributed by atoms with Gasteiger partial charge in [0.2, 0.25) is 6.29 Å². The van der Waals surface area contributed by atoms with Gasteiger partial charge in [-0.15, -0.1) is 6.42 Å². The molecule has 0 aliphatic rings. The maximum absolute atomic E-state index is 12.6. The highest BCUT2D eigenvalue weighted by Gasteiger charge is 2.37. The Morgan fingerprint density at radius 2 is 2.15 bits per heavy atom. The fourth-order valence-electron chi connectivity index (χ4n) is 0.451. The van der Waals surface area contributed by atoms with Gasteiger partial charge in [-0.05, 0) is 5.92 Å². The molecule has 0 aliphatic heterocycles. The van der Waals surface area contributed by atoms with Crippen LogP contribution in [0.15, 0.2) is 0 Å². The van der Waals surface area contributed by atoms with Gasteiger partial charge in [-0.1, -0.05) is 11.8 Å². The summed E-state index contributed by atoms with van der Waals surface area (Å²) < 4.78 is 29.3. The fraction of sp³-hybridized carbons (Fsp3) is 0.500. The predicted octanol–water partition coefficient (Wildman–Crippen LogP) is -0.414. The van der Waals surface area contributed by atoms with E-state index >= 15 is 0 Å². The molecule has 0 aromatic rings. The van der Waals surface area contributed by atoms with Crippen LogP contribution in [0.25, 0.3) is 0 Å². The van der Waals surface area contributed by atoms with Gasteiger partial charge in [-0.25, -0.2) is 0 Å². The number of halogens is 2. The SMILES string of the molecule is C#CCOC(O)C(F)(F)C#CCO. The van der Waals surface area contributed by atoms with Crippen LogP contribution in [-0.4, -0.2) is 35.6 Å². The largest absolute Gasteiger partial charge is 0.384 e. The Morgan fingerprint density at radius 3 is 2.62 bits per heavy atom. The Hall–Kier alpha value is -1.14. The smallest absolute Gasteiger partial charge is 0.357 e. The second-order valence-electron chi connectivity index (χ2n) is 1.95. The first-order valence-electron chi connectivity index (χ1n) is 3.26. The molecule has 0 saturated carbocycles. The second-order valence-corrected chi connectivity index (χ2v) is 1.95. The maximum Gasteiger partial charge on any atom is 0.357 e. The van der Waals surface area contributed by atoms with Gasteiger partial charge in [0.05, 0.1) is 0 Å². The van der Waals surface area contributed by atoms with E-state index in [9.17, 15) is 8.78 Å². The van der Waals surface area contributed by atoms with Gasteiger partial charge in [0.1, 0.15) is 13.2 Å². The molecule has 1 atom stereocenters. The molecule has 72 valence electrons. The van der Waals surface area contributed by atoms with Gasteiger partial charge in [0.15, 0.2) is 0 Å². The van der Waals surface area contributed by atoms with Crippen LogP contribution in [0.4, 0.5) is 8.78 Å². The van der Waals surface area contributed by atoms with E-state index < -0.39 is 25.4 Å². The van der Waals surface area contributed by atoms with Crippen molar-refractivity contribution < 1.29 is 23.7 Å². The zero-order chi connectivity index (χ0) is 10.3. The van der Waals surface area contributed by atoms with E-state index in [0.717, 1.165) is 0 Å². The van der Waals surface area contributed by atoms with Gasteiger partial charge in [0, 0.05) is 0 Å². The highest BCUT2D eigenvalue weighted by molar-refractivity contribution is 5.10. The zero-order valence-corrected chi connectivity index (χ0v) is 6.63. The zero-order valence-electron chi connectivity index (χ0n) is 6.63. The predicted molar refractivity (Wildman–Crippen MR) is 40.6 cm³/mol. The number of aliphatic hydroxyl groups is 2. The molecule has 0 aliphatic carbocycles. The van der Waals surface area contributed by atoms with Crippen LogP contribution in [0, 0.1) is 24.2 Å². The molecular formula is C8H8F2O3. The van der Waals surface area contributed by atoms with E-state index in [1.54, 1.807) is 5.92 Å². The number of hydrogen-bond donors (Lipinski definition) is 2. The van der Waals surface area contributed by atoms with Crippen LogP contribution in [-0.2, 0) is 4.74 Å². The molecule has 0 aromatic carbocycles. The summed E-state index contributed by atoms with van der Waals surface area (Å²) in [6.07, 6.45) is 2.34. The number of aliphatic hydroxyl groups excluding tert-OH is 2. The molecule has 13 heavy (non-hydrogen) atoms. The number of hydrogen-bond acceptors (Lipinski definition) is 3. The lowest BCUT2D eigenvalue weighted by atomic mass is 10.3. The molecule has 3 nitrogen and oxygen atoms in total. The molecule has 0 aromatic heterocycles. The first-order chi connectivity index (χ1) is 6.04. The van der Waals surface area contributed by atoms with E-state index in [1.807, 2.05) is 5.92 Å². The van der Waals surface area contributed by atoms with Gasteiger partial charge in [-0.2, -0.15) is 8.78 Å². The highest BCUT2D eigenvalue weighted by atomic mass is 19.3. The fourth-order valence-corrected chi connectivity index (χ4v) is 0.451. The van der Waals surface area contributed by atoms with Crippen molar-refractivity contribution in [2.45, 2.75) is 12.2 Å². The summed E-state index contributed by atoms with van der Waals surface area (Å²) >= 11 is 0. The molecule has 0 rings (SSSR count). The molecule has 0 spiro atoms. The van der Waals surface area contributed by atoms with Crippen LogP contribution < -0.4 is 0 Å². The Bertz CT molecular complexity index is 246. The highest BCUT2D eigenvalue weighted by Crippen LogP contribution is 2.17. The third-order valence-corrected chi connectivity index (χ3v) is 0.969. The van der Waals surface area contributed by atoms with Crippen molar-refractivity contribution in [3.63, 3.8) is 0 Å². The number of terminal acetylenes is 1. The Morgan fingerprint density at radius 1 is 1.54 bits per heavy atom. The van der Waals surface area contributed by atoms with Crippen LogP contribution >= 0.6 is 0 Å². The van der Waals surface area contributed by atoms with E-state index in [-0.39, 0.29) is 0 Å². The quantitative estimate of drug-likeness (QED) is 0.469. The minimum atomic E-state index is -3.72. The minimum Gasteiger partial charge on any atom is -0.384 e. The first kappa shape index (κ1) is 11.9. The van der Waals surface area contributed by atoms with E-state index in [4.69, 9.17) is 16.6 Å². The van der Waals surface area contributed by atoms with Crippen LogP contribution in [0.2, 0.25) is 0 Å². The van der Waals surface area contributed by atoms with Crippen molar-refractivity contribution in [1.29, 1.82) is 0 Å². The molecule has 0 bridgehead atoms. The van der Waals surface area contributed by atoms with E-state index in [1.165, 1.54) is 5.92 Å². The van der Waals surface area contributed by atoms with Crippen molar-refractivity contribution >= 4 is 0 Å². The molecule has 0 heterocycles. The summed E-state index contributed by atoms with van der Waals surface area (Å²) in [5.74, 6) is 1.24. The average Bonchev–Trinajstić information content (AvgIpc) is 2.10. The summed E-state index contributed by atoms with van der Waals surface area (Å²) in [5.41, 5.74) is 0. The normalized spacial score (nSPS) is 12.5. The molecular weight excluding hydrogens is 182 g/mol. The first-order valence-corrected chi connectivity index (χ1v) is 3.26. The second kappa shape index (κ2) is 5.50. The van der Waals surface area contributed by atoms with Gasteiger partial charge in [-0.3, -0.25) is 0 Å². The number of ether oxygens (including phenoxy) is 1. The average molecular weight is 190 g/mol. The number of alkyl halides is 2. The van der Waals surface area contributed by atoms with E-state index in [2.05, 4.69) is 4.74 Å². The lowest BCUT2D eigenvalue weighted by Crippen LogP contribution is -2.34. The van der Waals surface area contributed by atoms with Crippen LogP contribution in [0.3, 0.4) is 0 Å². The van der Waals surface area contributed by atoms with Crippen molar-refractivity contribution in [3.8, 4) is 24.2 Å². The van der Waals surface area contributed by atoms with E-state index in [0.29, 0.717) is 0 Å². The van der Waals surface area contributed by atoms with Gasteiger partial charge < -0.3 is 14.9 Å². The molecule has 2 N–H and O–H groups in total. The van der Waals surface area contributed by atoms with Crippen molar-refractivity contribution in [1.82, 2.24) is 0 Å². The summed E-state index contributed by atoms with van der Waals surface area (Å²) in [5, 5.41) is 16.8. The van der Waals surface area contributed by atoms with Crippen LogP contribution in [0.1, 0.15) is 0 Å². The Labute approximate surface area is 74.3 Å². The lowest BCUT2D eigenvalue weighted by molar-refractivity contribution is -0.200. The molecule has 0 radical (unpaired) electrons. The summed E-state index contributed by atoms with van der Waals surface area (Å²) in [6, 6.07) is 0. The Kier molecular flexibility index (Phi) is 5.01. The Balaban J connectivity index is 4.19.